The molecule has 0 saturated heterocycles. The predicted octanol–water partition coefficient (Wildman–Crippen LogP) is 3.64. The van der Waals surface area contributed by atoms with Gasteiger partial charge in [0.15, 0.2) is 0 Å². The molecule has 1 N–H and O–H groups in total. The maximum atomic E-state index is 10.7. The molecule has 0 spiro atoms. The third kappa shape index (κ3) is 3.84. The van der Waals surface area contributed by atoms with E-state index in [1.54, 1.807) is 13.0 Å². The van der Waals surface area contributed by atoms with E-state index in [0.29, 0.717) is 5.57 Å². The highest BCUT2D eigenvalue weighted by Crippen LogP contribution is 2.17. The molecule has 1 heterocycles. The molecule has 0 amide bonds. The standard InChI is InChI=1S/C16H12O2S/c1-12(16(17)18)9-15-10-14(11-19-15)8-7-13-5-3-2-4-6-13/h2-6,9-11H,1H3,(H,17,18)/b12-9+. The lowest BCUT2D eigenvalue weighted by molar-refractivity contribution is -0.132. The van der Waals surface area contributed by atoms with E-state index >= 15 is 0 Å². The number of benzene rings is 1. The van der Waals surface area contributed by atoms with Gasteiger partial charge in [0.2, 0.25) is 0 Å². The lowest BCUT2D eigenvalue weighted by Gasteiger charge is -1.89. The topological polar surface area (TPSA) is 37.3 Å². The van der Waals surface area contributed by atoms with Crippen molar-refractivity contribution in [2.75, 3.05) is 0 Å². The zero-order valence-electron chi connectivity index (χ0n) is 10.4. The van der Waals surface area contributed by atoms with Gasteiger partial charge in [0.1, 0.15) is 0 Å². The molecule has 0 unspecified atom stereocenters. The van der Waals surface area contributed by atoms with Gasteiger partial charge in [-0.05, 0) is 31.2 Å². The van der Waals surface area contributed by atoms with E-state index in [0.717, 1.165) is 16.0 Å². The minimum atomic E-state index is -0.898. The predicted molar refractivity (Wildman–Crippen MR) is 78.0 cm³/mol. The summed E-state index contributed by atoms with van der Waals surface area (Å²) < 4.78 is 0. The lowest BCUT2D eigenvalue weighted by Crippen LogP contribution is -1.94. The summed E-state index contributed by atoms with van der Waals surface area (Å²) in [4.78, 5) is 11.6. The first kappa shape index (κ1) is 13.1. The summed E-state index contributed by atoms with van der Waals surface area (Å²) in [7, 11) is 0. The molecule has 3 heteroatoms. The van der Waals surface area contributed by atoms with Gasteiger partial charge in [-0.15, -0.1) is 11.3 Å². The minimum Gasteiger partial charge on any atom is -0.478 e. The number of hydrogen-bond donors (Lipinski definition) is 1. The number of aliphatic carboxylic acids is 1. The maximum Gasteiger partial charge on any atom is 0.331 e. The molecular formula is C16H12O2S. The Balaban J connectivity index is 2.17. The molecule has 0 saturated carbocycles. The number of carbonyl (C=O) groups is 1. The summed E-state index contributed by atoms with van der Waals surface area (Å²) in [5.74, 6) is 5.24. The van der Waals surface area contributed by atoms with Crippen LogP contribution in [0, 0.1) is 11.8 Å². The van der Waals surface area contributed by atoms with Crippen molar-refractivity contribution in [2.45, 2.75) is 6.92 Å². The van der Waals surface area contributed by atoms with Gasteiger partial charge < -0.3 is 5.11 Å². The van der Waals surface area contributed by atoms with E-state index in [1.165, 1.54) is 11.3 Å². The Morgan fingerprint density at radius 3 is 2.58 bits per heavy atom. The third-order valence-electron chi connectivity index (χ3n) is 2.44. The molecule has 2 nitrogen and oxygen atoms in total. The second kappa shape index (κ2) is 6.03. The third-order valence-corrected chi connectivity index (χ3v) is 3.32. The zero-order valence-corrected chi connectivity index (χ0v) is 11.2. The van der Waals surface area contributed by atoms with Crippen molar-refractivity contribution in [3.63, 3.8) is 0 Å². The van der Waals surface area contributed by atoms with Gasteiger partial charge in [-0.25, -0.2) is 4.79 Å². The molecule has 0 aliphatic rings. The number of carboxylic acid groups (broad SMARTS) is 1. The first-order valence-corrected chi connectivity index (χ1v) is 6.60. The van der Waals surface area contributed by atoms with Crippen LogP contribution in [-0.4, -0.2) is 11.1 Å². The number of hydrogen-bond acceptors (Lipinski definition) is 2. The Labute approximate surface area is 116 Å². The molecule has 0 aliphatic heterocycles. The monoisotopic (exact) mass is 268 g/mol. The normalized spacial score (nSPS) is 10.7. The van der Waals surface area contributed by atoms with Crippen LogP contribution in [-0.2, 0) is 4.79 Å². The van der Waals surface area contributed by atoms with Crippen LogP contribution in [0.2, 0.25) is 0 Å². The minimum absolute atomic E-state index is 0.324. The van der Waals surface area contributed by atoms with E-state index < -0.39 is 5.97 Å². The number of rotatable bonds is 2. The van der Waals surface area contributed by atoms with E-state index in [2.05, 4.69) is 11.8 Å². The smallest absolute Gasteiger partial charge is 0.331 e. The molecule has 0 bridgehead atoms. The van der Waals surface area contributed by atoms with Gasteiger partial charge in [-0.2, -0.15) is 0 Å². The zero-order chi connectivity index (χ0) is 13.7. The van der Waals surface area contributed by atoms with Crippen LogP contribution in [0.4, 0.5) is 0 Å². The van der Waals surface area contributed by atoms with Crippen molar-refractivity contribution in [2.24, 2.45) is 0 Å². The Morgan fingerprint density at radius 1 is 1.21 bits per heavy atom. The van der Waals surface area contributed by atoms with E-state index in [-0.39, 0.29) is 0 Å². The van der Waals surface area contributed by atoms with Crippen LogP contribution in [0.1, 0.15) is 22.9 Å². The quantitative estimate of drug-likeness (QED) is 0.667. The van der Waals surface area contributed by atoms with Crippen LogP contribution in [0.5, 0.6) is 0 Å². The molecule has 2 rings (SSSR count). The summed E-state index contributed by atoms with van der Waals surface area (Å²) in [6.07, 6.45) is 1.65. The van der Waals surface area contributed by atoms with Gasteiger partial charge in [-0.3, -0.25) is 0 Å². The fourth-order valence-corrected chi connectivity index (χ4v) is 2.26. The first-order valence-electron chi connectivity index (χ1n) is 5.72. The summed E-state index contributed by atoms with van der Waals surface area (Å²) in [6, 6.07) is 11.6. The second-order valence-corrected chi connectivity index (χ2v) is 4.93. The van der Waals surface area contributed by atoms with E-state index in [4.69, 9.17) is 5.11 Å². The van der Waals surface area contributed by atoms with Gasteiger partial charge in [0.05, 0.1) is 0 Å². The Morgan fingerprint density at radius 2 is 1.89 bits per heavy atom. The molecule has 0 atom stereocenters. The largest absolute Gasteiger partial charge is 0.478 e. The highest BCUT2D eigenvalue weighted by molar-refractivity contribution is 7.11. The van der Waals surface area contributed by atoms with Crippen LogP contribution >= 0.6 is 11.3 Å². The molecule has 19 heavy (non-hydrogen) atoms. The summed E-state index contributed by atoms with van der Waals surface area (Å²) >= 11 is 1.49. The number of carboxylic acids is 1. The van der Waals surface area contributed by atoms with Crippen molar-refractivity contribution in [1.82, 2.24) is 0 Å². The average molecular weight is 268 g/mol. The fourth-order valence-electron chi connectivity index (χ4n) is 1.44. The molecular weight excluding hydrogens is 256 g/mol. The van der Waals surface area contributed by atoms with Crippen molar-refractivity contribution in [3.05, 3.63) is 63.4 Å². The molecule has 0 aliphatic carbocycles. The highest BCUT2D eigenvalue weighted by atomic mass is 32.1. The fraction of sp³-hybridized carbons (Fsp3) is 0.0625. The van der Waals surface area contributed by atoms with Crippen molar-refractivity contribution in [1.29, 1.82) is 0 Å². The molecule has 94 valence electrons. The summed E-state index contributed by atoms with van der Waals surface area (Å²) in [5.41, 5.74) is 2.19. The molecule has 1 aromatic carbocycles. The maximum absolute atomic E-state index is 10.7. The molecule has 0 fully saturated rings. The van der Waals surface area contributed by atoms with Crippen LogP contribution < -0.4 is 0 Å². The van der Waals surface area contributed by atoms with E-state index in [1.807, 2.05) is 41.8 Å². The molecule has 2 aromatic rings. The van der Waals surface area contributed by atoms with Crippen LogP contribution in [0.25, 0.3) is 6.08 Å². The molecule has 0 radical (unpaired) electrons. The second-order valence-electron chi connectivity index (χ2n) is 3.99. The average Bonchev–Trinajstić information content (AvgIpc) is 2.85. The Kier molecular flexibility index (Phi) is 4.17. The van der Waals surface area contributed by atoms with Crippen LogP contribution in [0.15, 0.2) is 47.4 Å². The highest BCUT2D eigenvalue weighted by Gasteiger charge is 2.01. The van der Waals surface area contributed by atoms with Gasteiger partial charge >= 0.3 is 5.97 Å². The Bertz CT molecular complexity index is 670. The summed E-state index contributed by atoms with van der Waals surface area (Å²) in [5, 5.41) is 10.7. The van der Waals surface area contributed by atoms with Crippen molar-refractivity contribution >= 4 is 23.4 Å². The van der Waals surface area contributed by atoms with Gasteiger partial charge in [0.25, 0.3) is 0 Å². The van der Waals surface area contributed by atoms with Crippen LogP contribution in [0.3, 0.4) is 0 Å². The van der Waals surface area contributed by atoms with Crippen molar-refractivity contribution in [3.8, 4) is 11.8 Å². The van der Waals surface area contributed by atoms with Gasteiger partial charge in [0, 0.05) is 27.0 Å². The Hall–Kier alpha value is -2.31. The van der Waals surface area contributed by atoms with E-state index in [9.17, 15) is 4.79 Å². The van der Waals surface area contributed by atoms with Gasteiger partial charge in [-0.1, -0.05) is 30.0 Å². The summed E-state index contributed by atoms with van der Waals surface area (Å²) in [6.45, 7) is 1.58. The van der Waals surface area contributed by atoms with Crippen molar-refractivity contribution < 1.29 is 9.90 Å². The first-order chi connectivity index (χ1) is 9.15. The molecule has 1 aromatic heterocycles. The SMILES string of the molecule is C/C(=C\c1cc(C#Cc2ccccc2)cs1)C(=O)O. The lowest BCUT2D eigenvalue weighted by atomic mass is 10.2. The number of thiophene rings is 1.